The van der Waals surface area contributed by atoms with Gasteiger partial charge in [0.25, 0.3) is 5.95 Å². The van der Waals surface area contributed by atoms with Crippen molar-refractivity contribution in [1.82, 2.24) is 24.7 Å². The average Bonchev–Trinajstić information content (AvgIpc) is 2.96. The summed E-state index contributed by atoms with van der Waals surface area (Å²) in [4.78, 5) is 13.8. The maximum Gasteiger partial charge on any atom is 0.255 e. The van der Waals surface area contributed by atoms with E-state index in [4.69, 9.17) is 11.6 Å². The van der Waals surface area contributed by atoms with Crippen molar-refractivity contribution in [3.05, 3.63) is 53.1 Å². The molecular formula is C14H12ClN5S. The summed E-state index contributed by atoms with van der Waals surface area (Å²) in [5.41, 5.74) is 2.36. The third-order valence-electron chi connectivity index (χ3n) is 2.83. The maximum absolute atomic E-state index is 5.99. The van der Waals surface area contributed by atoms with Crippen LogP contribution in [0.4, 0.5) is 0 Å². The summed E-state index contributed by atoms with van der Waals surface area (Å²) in [5, 5.41) is 4.81. The van der Waals surface area contributed by atoms with Gasteiger partial charge in [-0.05, 0) is 60.5 Å². The summed E-state index contributed by atoms with van der Waals surface area (Å²) in [6.45, 7) is 4.11. The molecule has 106 valence electrons. The molecule has 0 aliphatic heterocycles. The van der Waals surface area contributed by atoms with Crippen molar-refractivity contribution in [2.24, 2.45) is 0 Å². The Labute approximate surface area is 131 Å². The van der Waals surface area contributed by atoms with Gasteiger partial charge in [-0.1, -0.05) is 12.1 Å². The number of hydrogen-bond donors (Lipinski definition) is 0. The van der Waals surface area contributed by atoms with Crippen LogP contribution in [0.5, 0.6) is 0 Å². The largest absolute Gasteiger partial charge is 0.255 e. The van der Waals surface area contributed by atoms with Crippen LogP contribution in [0.3, 0.4) is 0 Å². The SMILES string of the molecule is Cc1ccc(C)c(Sc2nc(Cl)nc(-n3cccn3)n2)c1. The van der Waals surface area contributed by atoms with Crippen LogP contribution in [0.1, 0.15) is 11.1 Å². The van der Waals surface area contributed by atoms with E-state index in [2.05, 4.69) is 52.1 Å². The molecule has 3 aromatic rings. The second-order valence-corrected chi connectivity index (χ2v) is 5.86. The molecule has 0 N–H and O–H groups in total. The molecule has 0 bridgehead atoms. The van der Waals surface area contributed by atoms with Crippen molar-refractivity contribution >= 4 is 23.4 Å². The van der Waals surface area contributed by atoms with E-state index in [9.17, 15) is 0 Å². The number of halogens is 1. The Morgan fingerprint density at radius 3 is 2.76 bits per heavy atom. The molecule has 0 saturated carbocycles. The number of aryl methyl sites for hydroxylation is 2. The molecule has 21 heavy (non-hydrogen) atoms. The van der Waals surface area contributed by atoms with Crippen LogP contribution < -0.4 is 0 Å². The van der Waals surface area contributed by atoms with E-state index in [1.54, 1.807) is 23.1 Å². The first kappa shape index (κ1) is 14.0. The van der Waals surface area contributed by atoms with Gasteiger partial charge in [0.2, 0.25) is 5.28 Å². The minimum atomic E-state index is 0.156. The van der Waals surface area contributed by atoms with Crippen molar-refractivity contribution in [3.8, 4) is 5.95 Å². The van der Waals surface area contributed by atoms with Gasteiger partial charge in [0.15, 0.2) is 5.16 Å². The highest BCUT2D eigenvalue weighted by Crippen LogP contribution is 2.29. The lowest BCUT2D eigenvalue weighted by atomic mass is 10.2. The summed E-state index contributed by atoms with van der Waals surface area (Å²) in [7, 11) is 0. The minimum Gasteiger partial charge on any atom is -0.206 e. The van der Waals surface area contributed by atoms with E-state index in [0.717, 1.165) is 4.90 Å². The van der Waals surface area contributed by atoms with Crippen LogP contribution in [-0.4, -0.2) is 24.7 Å². The Morgan fingerprint density at radius 1 is 1.14 bits per heavy atom. The zero-order valence-corrected chi connectivity index (χ0v) is 13.1. The molecule has 5 nitrogen and oxygen atoms in total. The van der Waals surface area contributed by atoms with Gasteiger partial charge in [-0.15, -0.1) is 0 Å². The third-order valence-corrected chi connectivity index (χ3v) is 4.02. The van der Waals surface area contributed by atoms with Gasteiger partial charge in [0.05, 0.1) is 0 Å². The second-order valence-electron chi connectivity index (χ2n) is 4.51. The van der Waals surface area contributed by atoms with Crippen molar-refractivity contribution in [2.45, 2.75) is 23.9 Å². The van der Waals surface area contributed by atoms with Crippen LogP contribution >= 0.6 is 23.4 Å². The van der Waals surface area contributed by atoms with Crippen molar-refractivity contribution in [3.63, 3.8) is 0 Å². The molecule has 0 spiro atoms. The molecular weight excluding hydrogens is 306 g/mol. The van der Waals surface area contributed by atoms with Gasteiger partial charge in [0, 0.05) is 17.3 Å². The van der Waals surface area contributed by atoms with Gasteiger partial charge < -0.3 is 0 Å². The molecule has 0 atom stereocenters. The van der Waals surface area contributed by atoms with Gasteiger partial charge in [-0.2, -0.15) is 20.1 Å². The summed E-state index contributed by atoms with van der Waals surface area (Å²) in [6.07, 6.45) is 3.42. The molecule has 0 unspecified atom stereocenters. The Bertz CT molecular complexity index is 773. The van der Waals surface area contributed by atoms with E-state index in [-0.39, 0.29) is 5.28 Å². The average molecular weight is 318 g/mol. The number of nitrogens with zero attached hydrogens (tertiary/aromatic N) is 5. The predicted octanol–water partition coefficient (Wildman–Crippen LogP) is 3.48. The van der Waals surface area contributed by atoms with E-state index < -0.39 is 0 Å². The number of hydrogen-bond acceptors (Lipinski definition) is 5. The van der Waals surface area contributed by atoms with Crippen molar-refractivity contribution in [2.75, 3.05) is 0 Å². The Kier molecular flexibility index (Phi) is 3.90. The standard InChI is InChI=1S/C14H12ClN5S/c1-9-4-5-10(2)11(8-9)21-14-18-12(15)17-13(19-14)20-7-3-6-16-20/h3-8H,1-2H3. The first-order valence-electron chi connectivity index (χ1n) is 6.28. The quantitative estimate of drug-likeness (QED) is 0.740. The molecule has 2 aromatic heterocycles. The van der Waals surface area contributed by atoms with Gasteiger partial charge in [-0.25, -0.2) is 4.68 Å². The number of rotatable bonds is 3. The van der Waals surface area contributed by atoms with Crippen LogP contribution in [-0.2, 0) is 0 Å². The Hall–Kier alpha value is -1.92. The van der Waals surface area contributed by atoms with Gasteiger partial charge in [0.1, 0.15) is 0 Å². The molecule has 0 saturated heterocycles. The van der Waals surface area contributed by atoms with E-state index in [1.807, 2.05) is 0 Å². The lowest BCUT2D eigenvalue weighted by Gasteiger charge is -2.07. The molecule has 0 fully saturated rings. The third kappa shape index (κ3) is 3.22. The Balaban J connectivity index is 1.97. The second kappa shape index (κ2) is 5.83. The molecule has 2 heterocycles. The summed E-state index contributed by atoms with van der Waals surface area (Å²) < 4.78 is 1.56. The molecule has 3 rings (SSSR count). The number of aromatic nitrogens is 5. The highest BCUT2D eigenvalue weighted by Gasteiger charge is 2.10. The van der Waals surface area contributed by atoms with E-state index in [0.29, 0.717) is 11.1 Å². The molecule has 1 aromatic carbocycles. The molecule has 0 aliphatic rings. The zero-order valence-electron chi connectivity index (χ0n) is 11.5. The van der Waals surface area contributed by atoms with Crippen LogP contribution in [0, 0.1) is 13.8 Å². The lowest BCUT2D eigenvalue weighted by Crippen LogP contribution is -2.04. The molecule has 0 radical (unpaired) electrons. The normalized spacial score (nSPS) is 10.8. The van der Waals surface area contributed by atoms with Crippen molar-refractivity contribution in [1.29, 1.82) is 0 Å². The van der Waals surface area contributed by atoms with Crippen LogP contribution in [0.15, 0.2) is 46.7 Å². The fourth-order valence-electron chi connectivity index (χ4n) is 1.77. The van der Waals surface area contributed by atoms with Crippen LogP contribution in [0.2, 0.25) is 5.28 Å². The zero-order chi connectivity index (χ0) is 14.8. The summed E-state index contributed by atoms with van der Waals surface area (Å²) in [6, 6.07) is 8.06. The van der Waals surface area contributed by atoms with Crippen LogP contribution in [0.25, 0.3) is 5.95 Å². The van der Waals surface area contributed by atoms with Gasteiger partial charge >= 0.3 is 0 Å². The first-order valence-corrected chi connectivity index (χ1v) is 7.48. The number of benzene rings is 1. The highest BCUT2D eigenvalue weighted by molar-refractivity contribution is 7.99. The molecule has 7 heteroatoms. The fourth-order valence-corrected chi connectivity index (χ4v) is 2.91. The predicted molar refractivity (Wildman–Crippen MR) is 82.0 cm³/mol. The summed E-state index contributed by atoms with van der Waals surface area (Å²) in [5.74, 6) is 0.410. The summed E-state index contributed by atoms with van der Waals surface area (Å²) >= 11 is 7.45. The fraction of sp³-hybridized carbons (Fsp3) is 0.143. The van der Waals surface area contributed by atoms with Crippen molar-refractivity contribution < 1.29 is 0 Å². The first-order chi connectivity index (χ1) is 10.1. The lowest BCUT2D eigenvalue weighted by molar-refractivity contribution is 0.758. The highest BCUT2D eigenvalue weighted by atomic mass is 35.5. The van der Waals surface area contributed by atoms with E-state index in [1.165, 1.54) is 22.9 Å². The van der Waals surface area contributed by atoms with E-state index >= 15 is 0 Å². The topological polar surface area (TPSA) is 56.5 Å². The smallest absolute Gasteiger partial charge is 0.206 e. The minimum absolute atomic E-state index is 0.156. The molecule has 0 amide bonds. The molecule has 0 aliphatic carbocycles. The maximum atomic E-state index is 5.99. The van der Waals surface area contributed by atoms with Gasteiger partial charge in [-0.3, -0.25) is 0 Å². The Morgan fingerprint density at radius 2 is 2.00 bits per heavy atom. The monoisotopic (exact) mass is 317 g/mol.